The van der Waals surface area contributed by atoms with E-state index in [9.17, 15) is 4.79 Å². The molecule has 1 aliphatic rings. The second-order valence-corrected chi connectivity index (χ2v) is 7.35. The molecule has 2 aromatic heterocycles. The third kappa shape index (κ3) is 1.40. The number of hydrogen-bond donors (Lipinski definition) is 2. The van der Waals surface area contributed by atoms with E-state index in [0.717, 1.165) is 22.3 Å². The van der Waals surface area contributed by atoms with Crippen LogP contribution in [0, 0.1) is 0 Å². The Morgan fingerprint density at radius 1 is 0.917 bits per heavy atom. The number of aromatic nitrogens is 1. The molecule has 3 aromatic carbocycles. The van der Waals surface area contributed by atoms with Crippen molar-refractivity contribution < 1.29 is 4.79 Å². The number of H-pyrrole nitrogens is 1. The molecule has 0 aliphatic carbocycles. The smallest absolute Gasteiger partial charge is 0.228 e. The molecule has 1 aliphatic heterocycles. The lowest BCUT2D eigenvalue weighted by Crippen LogP contribution is -2.03. The van der Waals surface area contributed by atoms with E-state index in [-0.39, 0.29) is 5.91 Å². The van der Waals surface area contributed by atoms with E-state index < -0.39 is 0 Å². The number of carbonyl (C=O) groups excluding carboxylic acids is 1. The summed E-state index contributed by atoms with van der Waals surface area (Å²) in [6.07, 6.45) is 0.452. The van der Waals surface area contributed by atoms with Gasteiger partial charge in [0.25, 0.3) is 0 Å². The van der Waals surface area contributed by atoms with Crippen LogP contribution in [0.3, 0.4) is 0 Å². The Hall–Kier alpha value is -2.85. The van der Waals surface area contributed by atoms with Crippen LogP contribution in [-0.2, 0) is 11.2 Å². The summed E-state index contributed by atoms with van der Waals surface area (Å²) in [5, 5.41) is 7.90. The van der Waals surface area contributed by atoms with Crippen LogP contribution < -0.4 is 5.32 Å². The zero-order valence-corrected chi connectivity index (χ0v) is 13.5. The first-order valence-corrected chi connectivity index (χ1v) is 8.79. The van der Waals surface area contributed by atoms with Crippen molar-refractivity contribution >= 4 is 64.9 Å². The maximum absolute atomic E-state index is 12.2. The number of benzene rings is 3. The SMILES string of the molecule is O=C1Cc2c(c3c4ccccc4sc3c3[nH]c4ccccc4c23)N1. The summed E-state index contributed by atoms with van der Waals surface area (Å²) in [6, 6.07) is 16.8. The van der Waals surface area contributed by atoms with Gasteiger partial charge < -0.3 is 10.3 Å². The molecule has 0 unspecified atom stereocenters. The number of aromatic amines is 1. The number of hydrogen-bond acceptors (Lipinski definition) is 2. The molecule has 4 heteroatoms. The number of carbonyl (C=O) groups is 1. The number of anilines is 1. The highest BCUT2D eigenvalue weighted by Crippen LogP contribution is 2.48. The number of para-hydroxylation sites is 1. The summed E-state index contributed by atoms with van der Waals surface area (Å²) in [5.74, 6) is 0.0827. The first-order chi connectivity index (χ1) is 11.8. The van der Waals surface area contributed by atoms with Gasteiger partial charge in [-0.05, 0) is 17.7 Å². The molecule has 0 bridgehead atoms. The Morgan fingerprint density at radius 3 is 2.62 bits per heavy atom. The highest BCUT2D eigenvalue weighted by Gasteiger charge is 2.27. The molecule has 5 aromatic rings. The molecule has 0 saturated carbocycles. The number of amides is 1. The van der Waals surface area contributed by atoms with Crippen LogP contribution in [0.2, 0.25) is 0 Å². The minimum absolute atomic E-state index is 0.0827. The molecular weight excluding hydrogens is 316 g/mol. The number of rotatable bonds is 0. The lowest BCUT2D eigenvalue weighted by Gasteiger charge is -2.05. The van der Waals surface area contributed by atoms with E-state index in [1.54, 1.807) is 11.3 Å². The molecule has 0 spiro atoms. The number of nitrogens with one attached hydrogen (secondary N) is 2. The van der Waals surface area contributed by atoms with Gasteiger partial charge >= 0.3 is 0 Å². The second kappa shape index (κ2) is 4.16. The van der Waals surface area contributed by atoms with Gasteiger partial charge in [-0.25, -0.2) is 0 Å². The molecule has 0 saturated heterocycles. The zero-order chi connectivity index (χ0) is 15.8. The van der Waals surface area contributed by atoms with E-state index in [1.165, 1.54) is 30.9 Å². The average Bonchev–Trinajstić information content (AvgIpc) is 3.25. The van der Waals surface area contributed by atoms with Crippen LogP contribution in [0.5, 0.6) is 0 Å². The molecule has 0 atom stereocenters. The zero-order valence-electron chi connectivity index (χ0n) is 12.6. The van der Waals surface area contributed by atoms with E-state index in [0.29, 0.717) is 6.42 Å². The summed E-state index contributed by atoms with van der Waals surface area (Å²) < 4.78 is 2.48. The van der Waals surface area contributed by atoms with Gasteiger partial charge in [0.1, 0.15) is 0 Å². The fraction of sp³-hybridized carbons (Fsp3) is 0.0500. The van der Waals surface area contributed by atoms with Crippen molar-refractivity contribution in [2.45, 2.75) is 6.42 Å². The lowest BCUT2D eigenvalue weighted by atomic mass is 10.00. The van der Waals surface area contributed by atoms with Crippen LogP contribution in [0.4, 0.5) is 5.69 Å². The number of fused-ring (bicyclic) bond motifs is 10. The molecule has 114 valence electrons. The van der Waals surface area contributed by atoms with Gasteiger partial charge in [0.05, 0.1) is 22.3 Å². The fourth-order valence-corrected chi connectivity index (χ4v) is 5.25. The Kier molecular flexibility index (Phi) is 2.18. The van der Waals surface area contributed by atoms with Gasteiger partial charge in [-0.15, -0.1) is 11.3 Å². The van der Waals surface area contributed by atoms with Crippen LogP contribution in [0.25, 0.3) is 42.0 Å². The highest BCUT2D eigenvalue weighted by molar-refractivity contribution is 7.26. The molecule has 0 radical (unpaired) electrons. The highest BCUT2D eigenvalue weighted by atomic mass is 32.1. The van der Waals surface area contributed by atoms with Crippen molar-refractivity contribution in [2.75, 3.05) is 5.32 Å². The van der Waals surface area contributed by atoms with E-state index in [2.05, 4.69) is 52.8 Å². The fourth-order valence-electron chi connectivity index (χ4n) is 4.03. The molecule has 6 rings (SSSR count). The van der Waals surface area contributed by atoms with Crippen molar-refractivity contribution in [3.63, 3.8) is 0 Å². The quantitative estimate of drug-likeness (QED) is 0.404. The standard InChI is InChI=1S/C20H12N2OS/c23-15-9-12-16-10-5-1-3-7-13(10)21-19(16)20-17(18(12)22-15)11-6-2-4-8-14(11)24-20/h1-8,21H,9H2,(H,22,23). The Bertz CT molecular complexity index is 1220. The summed E-state index contributed by atoms with van der Waals surface area (Å²) in [4.78, 5) is 15.8. The van der Waals surface area contributed by atoms with Gasteiger partial charge in [-0.1, -0.05) is 36.4 Å². The maximum atomic E-state index is 12.2. The molecule has 0 fully saturated rings. The van der Waals surface area contributed by atoms with Gasteiger partial charge in [0, 0.05) is 31.8 Å². The van der Waals surface area contributed by atoms with Gasteiger partial charge in [0.15, 0.2) is 0 Å². The molecule has 1 amide bonds. The molecule has 24 heavy (non-hydrogen) atoms. The average molecular weight is 328 g/mol. The van der Waals surface area contributed by atoms with Crippen molar-refractivity contribution in [3.8, 4) is 0 Å². The van der Waals surface area contributed by atoms with Crippen LogP contribution in [0.15, 0.2) is 48.5 Å². The monoisotopic (exact) mass is 328 g/mol. The van der Waals surface area contributed by atoms with Crippen molar-refractivity contribution in [2.24, 2.45) is 0 Å². The maximum Gasteiger partial charge on any atom is 0.228 e. The molecule has 3 heterocycles. The summed E-state index contributed by atoms with van der Waals surface area (Å²) >= 11 is 1.79. The first-order valence-electron chi connectivity index (χ1n) is 7.97. The van der Waals surface area contributed by atoms with Crippen LogP contribution in [0.1, 0.15) is 5.56 Å². The normalized spacial score (nSPS) is 14.1. The van der Waals surface area contributed by atoms with E-state index in [4.69, 9.17) is 0 Å². The van der Waals surface area contributed by atoms with Crippen LogP contribution in [-0.4, -0.2) is 10.9 Å². The largest absolute Gasteiger partial charge is 0.353 e. The van der Waals surface area contributed by atoms with Crippen LogP contribution >= 0.6 is 11.3 Å². The van der Waals surface area contributed by atoms with Crippen molar-refractivity contribution in [1.82, 2.24) is 4.98 Å². The minimum Gasteiger partial charge on any atom is -0.353 e. The van der Waals surface area contributed by atoms with E-state index in [1.807, 2.05) is 6.07 Å². The topological polar surface area (TPSA) is 44.9 Å². The predicted octanol–water partition coefficient (Wildman–Crippen LogP) is 5.18. The van der Waals surface area contributed by atoms with Crippen molar-refractivity contribution in [1.29, 1.82) is 0 Å². The van der Waals surface area contributed by atoms with Gasteiger partial charge in [-0.2, -0.15) is 0 Å². The Morgan fingerprint density at radius 2 is 1.71 bits per heavy atom. The molecule has 2 N–H and O–H groups in total. The van der Waals surface area contributed by atoms with Gasteiger partial charge in [-0.3, -0.25) is 4.79 Å². The van der Waals surface area contributed by atoms with E-state index >= 15 is 0 Å². The minimum atomic E-state index is 0.0827. The summed E-state index contributed by atoms with van der Waals surface area (Å²) in [7, 11) is 0. The summed E-state index contributed by atoms with van der Waals surface area (Å²) in [6.45, 7) is 0. The van der Waals surface area contributed by atoms with Gasteiger partial charge in [0.2, 0.25) is 5.91 Å². The summed E-state index contributed by atoms with van der Waals surface area (Å²) in [5.41, 5.74) is 4.41. The molecule has 3 nitrogen and oxygen atoms in total. The molecular formula is C20H12N2OS. The Labute approximate surface area is 140 Å². The Balaban J connectivity index is 1.99. The number of thiophene rings is 1. The second-order valence-electron chi connectivity index (χ2n) is 6.30. The third-order valence-corrected chi connectivity index (χ3v) is 6.17. The lowest BCUT2D eigenvalue weighted by molar-refractivity contribution is -0.115. The first kappa shape index (κ1) is 12.6. The third-order valence-electron chi connectivity index (χ3n) is 4.98. The predicted molar refractivity (Wildman–Crippen MR) is 101 cm³/mol. The van der Waals surface area contributed by atoms with Crippen molar-refractivity contribution in [3.05, 3.63) is 54.1 Å².